The number of alkyl halides is 3. The Morgan fingerprint density at radius 2 is 1.85 bits per heavy atom. The van der Waals surface area contributed by atoms with Crippen LogP contribution in [0.5, 0.6) is 0 Å². The predicted molar refractivity (Wildman–Crippen MR) is 95.2 cm³/mol. The Balaban J connectivity index is 1.99. The van der Waals surface area contributed by atoms with Gasteiger partial charge in [-0.05, 0) is 29.8 Å². The molecule has 0 saturated heterocycles. The largest absolute Gasteiger partial charge is 0.433 e. The van der Waals surface area contributed by atoms with Gasteiger partial charge in [0.15, 0.2) is 11.5 Å². The van der Waals surface area contributed by atoms with Crippen molar-refractivity contribution in [1.82, 2.24) is 15.0 Å². The van der Waals surface area contributed by atoms with Crippen LogP contribution in [0.4, 0.5) is 19.0 Å². The molecule has 140 valence electrons. The molecule has 0 spiro atoms. The van der Waals surface area contributed by atoms with Crippen molar-refractivity contribution < 1.29 is 18.3 Å². The second-order valence-corrected chi connectivity index (χ2v) is 6.07. The molecule has 1 aromatic carbocycles. The van der Waals surface area contributed by atoms with Gasteiger partial charge in [-0.15, -0.1) is 0 Å². The van der Waals surface area contributed by atoms with Gasteiger partial charge in [0, 0.05) is 29.0 Å². The first-order valence-corrected chi connectivity index (χ1v) is 8.24. The zero-order valence-electron chi connectivity index (χ0n) is 13.8. The SMILES string of the molecule is OCC(Nc1cc(C(F)(F)F)nc(-c2cccnc2)n1)c1ccc(Cl)cc1. The van der Waals surface area contributed by atoms with Crippen LogP contribution in [0.25, 0.3) is 11.4 Å². The van der Waals surface area contributed by atoms with E-state index in [9.17, 15) is 18.3 Å². The van der Waals surface area contributed by atoms with Crippen LogP contribution >= 0.6 is 11.6 Å². The molecule has 0 aliphatic rings. The van der Waals surface area contributed by atoms with Crippen molar-refractivity contribution in [2.24, 2.45) is 0 Å². The number of anilines is 1. The number of pyridine rings is 1. The zero-order valence-corrected chi connectivity index (χ0v) is 14.5. The first kappa shape index (κ1) is 19.1. The third-order valence-corrected chi connectivity index (χ3v) is 3.97. The maximum absolute atomic E-state index is 13.3. The van der Waals surface area contributed by atoms with Crippen LogP contribution in [-0.4, -0.2) is 26.7 Å². The Hall–Kier alpha value is -2.71. The van der Waals surface area contributed by atoms with E-state index in [1.807, 2.05) is 0 Å². The number of rotatable bonds is 5. The third kappa shape index (κ3) is 4.72. The molecule has 2 aromatic heterocycles. The standard InChI is InChI=1S/C18H14ClF3N4O/c19-13-5-3-11(4-6-13)14(10-27)24-16-8-15(18(20,21)22)25-17(26-16)12-2-1-7-23-9-12/h1-9,14,27H,10H2,(H,24,25,26). The minimum Gasteiger partial charge on any atom is -0.394 e. The van der Waals surface area contributed by atoms with Gasteiger partial charge in [0.05, 0.1) is 12.6 Å². The molecule has 3 aromatic rings. The Kier molecular flexibility index (Phi) is 5.57. The summed E-state index contributed by atoms with van der Waals surface area (Å²) in [5.41, 5.74) is -0.0951. The summed E-state index contributed by atoms with van der Waals surface area (Å²) in [6.07, 6.45) is -1.77. The van der Waals surface area contributed by atoms with Crippen LogP contribution in [-0.2, 0) is 6.18 Å². The van der Waals surface area contributed by atoms with Crippen LogP contribution in [0.15, 0.2) is 54.9 Å². The maximum atomic E-state index is 13.3. The first-order chi connectivity index (χ1) is 12.9. The highest BCUT2D eigenvalue weighted by Gasteiger charge is 2.34. The average Bonchev–Trinajstić information content (AvgIpc) is 2.67. The van der Waals surface area contributed by atoms with Gasteiger partial charge >= 0.3 is 6.18 Å². The van der Waals surface area contributed by atoms with Crippen molar-refractivity contribution >= 4 is 17.4 Å². The predicted octanol–water partition coefficient (Wildman–Crippen LogP) is 4.36. The van der Waals surface area contributed by atoms with E-state index in [0.29, 0.717) is 16.1 Å². The lowest BCUT2D eigenvalue weighted by Gasteiger charge is -2.19. The second-order valence-electron chi connectivity index (χ2n) is 5.63. The third-order valence-electron chi connectivity index (χ3n) is 3.71. The molecule has 0 aliphatic heterocycles. The lowest BCUT2D eigenvalue weighted by molar-refractivity contribution is -0.141. The summed E-state index contributed by atoms with van der Waals surface area (Å²) in [6.45, 7) is -0.352. The highest BCUT2D eigenvalue weighted by atomic mass is 35.5. The molecule has 0 fully saturated rings. The Bertz CT molecular complexity index is 905. The summed E-state index contributed by atoms with van der Waals surface area (Å²) < 4.78 is 39.8. The number of hydrogen-bond acceptors (Lipinski definition) is 5. The average molecular weight is 395 g/mol. The molecule has 5 nitrogen and oxygen atoms in total. The van der Waals surface area contributed by atoms with E-state index in [-0.39, 0.29) is 18.2 Å². The summed E-state index contributed by atoms with van der Waals surface area (Å²) in [4.78, 5) is 11.6. The van der Waals surface area contributed by atoms with E-state index >= 15 is 0 Å². The number of aliphatic hydroxyl groups excluding tert-OH is 1. The number of hydrogen-bond donors (Lipinski definition) is 2. The molecule has 9 heteroatoms. The van der Waals surface area contributed by atoms with Gasteiger partial charge in [-0.2, -0.15) is 13.2 Å². The van der Waals surface area contributed by atoms with E-state index in [1.165, 1.54) is 12.4 Å². The lowest BCUT2D eigenvalue weighted by atomic mass is 10.1. The van der Waals surface area contributed by atoms with E-state index in [2.05, 4.69) is 20.3 Å². The van der Waals surface area contributed by atoms with E-state index in [1.54, 1.807) is 36.4 Å². The fourth-order valence-electron chi connectivity index (χ4n) is 2.40. The van der Waals surface area contributed by atoms with Crippen LogP contribution in [0.1, 0.15) is 17.3 Å². The van der Waals surface area contributed by atoms with E-state index < -0.39 is 17.9 Å². The minimum atomic E-state index is -4.65. The Morgan fingerprint density at radius 3 is 2.44 bits per heavy atom. The molecule has 2 N–H and O–H groups in total. The molecule has 27 heavy (non-hydrogen) atoms. The van der Waals surface area contributed by atoms with Gasteiger partial charge in [-0.25, -0.2) is 9.97 Å². The molecular formula is C18H14ClF3N4O. The normalized spacial score (nSPS) is 12.6. The molecule has 0 aliphatic carbocycles. The number of aliphatic hydroxyl groups is 1. The minimum absolute atomic E-state index is 0.0646. The fraction of sp³-hybridized carbons (Fsp3) is 0.167. The fourth-order valence-corrected chi connectivity index (χ4v) is 2.52. The molecule has 1 unspecified atom stereocenters. The summed E-state index contributed by atoms with van der Waals surface area (Å²) >= 11 is 5.84. The Morgan fingerprint density at radius 1 is 1.11 bits per heavy atom. The van der Waals surface area contributed by atoms with Crippen molar-refractivity contribution in [1.29, 1.82) is 0 Å². The maximum Gasteiger partial charge on any atom is 0.433 e. The van der Waals surface area contributed by atoms with E-state index in [4.69, 9.17) is 11.6 Å². The highest BCUT2D eigenvalue weighted by Crippen LogP contribution is 2.31. The Labute approximate surface area is 157 Å². The number of nitrogens with one attached hydrogen (secondary N) is 1. The molecule has 3 rings (SSSR count). The van der Waals surface area contributed by atoms with Crippen molar-refractivity contribution in [2.75, 3.05) is 11.9 Å². The summed E-state index contributed by atoms with van der Waals surface area (Å²) in [6, 6.07) is 9.88. The molecule has 1 atom stereocenters. The van der Waals surface area contributed by atoms with Gasteiger partial charge in [-0.3, -0.25) is 4.98 Å². The molecule has 0 amide bonds. The second kappa shape index (κ2) is 7.89. The van der Waals surface area contributed by atoms with Gasteiger partial charge in [0.25, 0.3) is 0 Å². The smallest absolute Gasteiger partial charge is 0.394 e. The van der Waals surface area contributed by atoms with Crippen LogP contribution in [0.2, 0.25) is 5.02 Å². The summed E-state index contributed by atoms with van der Waals surface area (Å²) in [5.74, 6) is -0.182. The highest BCUT2D eigenvalue weighted by molar-refractivity contribution is 6.30. The molecular weight excluding hydrogens is 381 g/mol. The number of halogens is 4. The van der Waals surface area contributed by atoms with Crippen molar-refractivity contribution in [3.8, 4) is 11.4 Å². The zero-order chi connectivity index (χ0) is 19.4. The molecule has 2 heterocycles. The van der Waals surface area contributed by atoms with Crippen molar-refractivity contribution in [2.45, 2.75) is 12.2 Å². The number of benzene rings is 1. The van der Waals surface area contributed by atoms with Crippen molar-refractivity contribution in [3.63, 3.8) is 0 Å². The van der Waals surface area contributed by atoms with Gasteiger partial charge in [-0.1, -0.05) is 23.7 Å². The quantitative estimate of drug-likeness (QED) is 0.673. The van der Waals surface area contributed by atoms with Crippen molar-refractivity contribution in [3.05, 3.63) is 71.1 Å². The number of aromatic nitrogens is 3. The van der Waals surface area contributed by atoms with Crippen LogP contribution < -0.4 is 5.32 Å². The number of nitrogens with zero attached hydrogens (tertiary/aromatic N) is 3. The summed E-state index contributed by atoms with van der Waals surface area (Å²) in [5, 5.41) is 13.0. The topological polar surface area (TPSA) is 70.9 Å². The van der Waals surface area contributed by atoms with Crippen LogP contribution in [0, 0.1) is 0 Å². The molecule has 0 radical (unpaired) electrons. The summed E-state index contributed by atoms with van der Waals surface area (Å²) in [7, 11) is 0. The lowest BCUT2D eigenvalue weighted by Crippen LogP contribution is -2.18. The van der Waals surface area contributed by atoms with Gasteiger partial charge in [0.2, 0.25) is 0 Å². The monoisotopic (exact) mass is 394 g/mol. The van der Waals surface area contributed by atoms with Gasteiger partial charge < -0.3 is 10.4 Å². The van der Waals surface area contributed by atoms with Gasteiger partial charge in [0.1, 0.15) is 5.82 Å². The van der Waals surface area contributed by atoms with Crippen LogP contribution in [0.3, 0.4) is 0 Å². The van der Waals surface area contributed by atoms with E-state index in [0.717, 1.165) is 6.07 Å². The molecule has 0 bridgehead atoms. The molecule has 0 saturated carbocycles. The first-order valence-electron chi connectivity index (χ1n) is 7.86.